The largest absolute Gasteiger partial charge is 0.494 e. The minimum Gasteiger partial charge on any atom is -0.494 e. The number of methoxy groups -OCH3 is 2. The standard InChI is InChI=1S/C40H46FN3O7S/c1-4-51-34-21-19-33(20-22-34)44(52(47,48)35-23-24-37(49-2)38(26-35)50-3)28-39(45)43(27-30-15-17-31(41)18-16-30)36(25-29-11-7-5-8-12-29)40(46)42-32-13-9-6-10-14-32/h5,7-8,11-12,15-24,26,32,36H,4,6,9-10,13-14,25,27-28H2,1-3H3,(H,42,46)/t36-/m0/s1. The summed E-state index contributed by atoms with van der Waals surface area (Å²) in [6, 6.07) is 24.6. The molecular formula is C40H46FN3O7S. The van der Waals surface area contributed by atoms with E-state index in [1.54, 1.807) is 36.4 Å². The topological polar surface area (TPSA) is 114 Å². The number of sulfonamides is 1. The number of hydrogen-bond donors (Lipinski definition) is 1. The summed E-state index contributed by atoms with van der Waals surface area (Å²) in [4.78, 5) is 30.3. The number of carbonyl (C=O) groups excluding carboxylic acids is 2. The van der Waals surface area contributed by atoms with Gasteiger partial charge in [0.05, 0.1) is 31.4 Å². The van der Waals surface area contributed by atoms with Gasteiger partial charge in [0.2, 0.25) is 11.8 Å². The molecule has 276 valence electrons. The van der Waals surface area contributed by atoms with Gasteiger partial charge in [-0.2, -0.15) is 0 Å². The molecule has 2 amide bonds. The molecule has 0 spiro atoms. The minimum atomic E-state index is -4.41. The van der Waals surface area contributed by atoms with Gasteiger partial charge in [0.25, 0.3) is 10.0 Å². The van der Waals surface area contributed by atoms with Crippen molar-refractivity contribution in [2.45, 2.75) is 69.0 Å². The van der Waals surface area contributed by atoms with Crippen molar-refractivity contribution in [1.82, 2.24) is 10.2 Å². The molecule has 10 nitrogen and oxygen atoms in total. The zero-order valence-electron chi connectivity index (χ0n) is 29.8. The average molecular weight is 732 g/mol. The van der Waals surface area contributed by atoms with Crippen LogP contribution in [0.2, 0.25) is 0 Å². The predicted octanol–water partition coefficient (Wildman–Crippen LogP) is 6.53. The smallest absolute Gasteiger partial charge is 0.264 e. The molecule has 4 aromatic carbocycles. The summed E-state index contributed by atoms with van der Waals surface area (Å²) >= 11 is 0. The second-order valence-corrected chi connectivity index (χ2v) is 14.5. The van der Waals surface area contributed by atoms with E-state index in [1.165, 1.54) is 49.5 Å². The summed E-state index contributed by atoms with van der Waals surface area (Å²) in [5.41, 5.74) is 1.61. The molecular weight excluding hydrogens is 686 g/mol. The fourth-order valence-corrected chi connectivity index (χ4v) is 7.82. The normalized spacial score (nSPS) is 13.8. The van der Waals surface area contributed by atoms with Crippen LogP contribution in [-0.2, 0) is 32.6 Å². The van der Waals surface area contributed by atoms with Crippen LogP contribution in [0.3, 0.4) is 0 Å². The molecule has 1 aliphatic rings. The Morgan fingerprint density at radius 2 is 1.52 bits per heavy atom. The van der Waals surface area contributed by atoms with Crippen LogP contribution in [0.5, 0.6) is 17.2 Å². The molecule has 0 aliphatic heterocycles. The number of rotatable bonds is 16. The summed E-state index contributed by atoms with van der Waals surface area (Å²) in [6.07, 6.45) is 4.95. The Kier molecular flexibility index (Phi) is 13.1. The summed E-state index contributed by atoms with van der Waals surface area (Å²) < 4.78 is 60.4. The predicted molar refractivity (Wildman–Crippen MR) is 198 cm³/mol. The molecule has 0 unspecified atom stereocenters. The molecule has 0 bridgehead atoms. The van der Waals surface area contributed by atoms with E-state index in [-0.39, 0.29) is 41.2 Å². The fourth-order valence-electron chi connectivity index (χ4n) is 6.39. The number of nitrogens with one attached hydrogen (secondary N) is 1. The van der Waals surface area contributed by atoms with Crippen LogP contribution in [0.15, 0.2) is 102 Å². The first kappa shape index (κ1) is 38.1. The zero-order valence-corrected chi connectivity index (χ0v) is 30.6. The van der Waals surface area contributed by atoms with Gasteiger partial charge in [0, 0.05) is 25.1 Å². The van der Waals surface area contributed by atoms with Crippen molar-refractivity contribution in [2.24, 2.45) is 0 Å². The fraction of sp³-hybridized carbons (Fsp3) is 0.350. The molecule has 1 fully saturated rings. The summed E-state index contributed by atoms with van der Waals surface area (Å²) in [7, 11) is -1.56. The van der Waals surface area contributed by atoms with E-state index in [1.807, 2.05) is 37.3 Å². The van der Waals surface area contributed by atoms with Gasteiger partial charge in [-0.25, -0.2) is 12.8 Å². The van der Waals surface area contributed by atoms with Crippen LogP contribution in [-0.4, -0.2) is 64.6 Å². The van der Waals surface area contributed by atoms with Gasteiger partial charge < -0.3 is 24.4 Å². The van der Waals surface area contributed by atoms with Gasteiger partial charge in [-0.1, -0.05) is 61.7 Å². The van der Waals surface area contributed by atoms with Gasteiger partial charge in [-0.05, 0) is 79.4 Å². The van der Waals surface area contributed by atoms with E-state index in [9.17, 15) is 22.4 Å². The molecule has 0 aromatic heterocycles. The first-order chi connectivity index (χ1) is 25.1. The SMILES string of the molecule is CCOc1ccc(N(CC(=O)N(Cc2ccc(F)cc2)[C@@H](Cc2ccccc2)C(=O)NC2CCCCC2)S(=O)(=O)c2ccc(OC)c(OC)c2)cc1. The van der Waals surface area contributed by atoms with Crippen LogP contribution in [0.1, 0.15) is 50.2 Å². The van der Waals surface area contributed by atoms with E-state index in [2.05, 4.69) is 5.32 Å². The monoisotopic (exact) mass is 731 g/mol. The van der Waals surface area contributed by atoms with Gasteiger partial charge >= 0.3 is 0 Å². The Balaban J connectivity index is 1.58. The third-order valence-corrected chi connectivity index (χ3v) is 10.9. The summed E-state index contributed by atoms with van der Waals surface area (Å²) in [5.74, 6) is -0.338. The van der Waals surface area contributed by atoms with Gasteiger partial charge in [-0.3, -0.25) is 13.9 Å². The maximum atomic E-state index is 14.8. The van der Waals surface area contributed by atoms with Crippen molar-refractivity contribution < 1.29 is 36.6 Å². The minimum absolute atomic E-state index is 0.0342. The van der Waals surface area contributed by atoms with Crippen LogP contribution < -0.4 is 23.8 Å². The van der Waals surface area contributed by atoms with E-state index < -0.39 is 34.3 Å². The number of ether oxygens (including phenoxy) is 3. The first-order valence-corrected chi connectivity index (χ1v) is 18.9. The van der Waals surface area contributed by atoms with Crippen molar-refractivity contribution in [3.63, 3.8) is 0 Å². The Labute approximate surface area is 305 Å². The van der Waals surface area contributed by atoms with Gasteiger partial charge in [-0.15, -0.1) is 0 Å². The molecule has 1 saturated carbocycles. The average Bonchev–Trinajstić information content (AvgIpc) is 3.16. The van der Waals surface area contributed by atoms with Crippen LogP contribution >= 0.6 is 0 Å². The van der Waals surface area contributed by atoms with E-state index in [4.69, 9.17) is 14.2 Å². The lowest BCUT2D eigenvalue weighted by molar-refractivity contribution is -0.140. The summed E-state index contributed by atoms with van der Waals surface area (Å²) in [5, 5.41) is 3.19. The Bertz CT molecular complexity index is 1880. The molecule has 5 rings (SSSR count). The van der Waals surface area contributed by atoms with Gasteiger partial charge in [0.15, 0.2) is 11.5 Å². The van der Waals surface area contributed by atoms with E-state index >= 15 is 0 Å². The number of carbonyl (C=O) groups is 2. The number of benzene rings is 4. The highest BCUT2D eigenvalue weighted by Crippen LogP contribution is 2.33. The molecule has 12 heteroatoms. The molecule has 1 atom stereocenters. The van der Waals surface area contributed by atoms with Crippen LogP contribution in [0.25, 0.3) is 0 Å². The van der Waals surface area contributed by atoms with Crippen LogP contribution in [0.4, 0.5) is 10.1 Å². The lowest BCUT2D eigenvalue weighted by atomic mass is 9.94. The Morgan fingerprint density at radius 3 is 2.15 bits per heavy atom. The molecule has 1 N–H and O–H groups in total. The second kappa shape index (κ2) is 17.9. The highest BCUT2D eigenvalue weighted by atomic mass is 32.2. The number of anilines is 1. The zero-order chi connectivity index (χ0) is 37.1. The van der Waals surface area contributed by atoms with Crippen molar-refractivity contribution in [1.29, 1.82) is 0 Å². The molecule has 0 saturated heterocycles. The third-order valence-electron chi connectivity index (χ3n) is 9.15. The first-order valence-electron chi connectivity index (χ1n) is 17.5. The Hall–Kier alpha value is -5.10. The van der Waals surface area contributed by atoms with Crippen molar-refractivity contribution in [2.75, 3.05) is 31.7 Å². The van der Waals surface area contributed by atoms with E-state index in [0.29, 0.717) is 23.7 Å². The second-order valence-electron chi connectivity index (χ2n) is 12.7. The van der Waals surface area contributed by atoms with Gasteiger partial charge in [0.1, 0.15) is 24.2 Å². The number of nitrogens with zero attached hydrogens (tertiary/aromatic N) is 2. The van der Waals surface area contributed by atoms with Crippen molar-refractivity contribution in [3.05, 3.63) is 114 Å². The highest BCUT2D eigenvalue weighted by Gasteiger charge is 2.36. The third kappa shape index (κ3) is 9.61. The lowest BCUT2D eigenvalue weighted by Gasteiger charge is -2.35. The van der Waals surface area contributed by atoms with Crippen LogP contribution in [0, 0.1) is 5.82 Å². The van der Waals surface area contributed by atoms with E-state index in [0.717, 1.165) is 42.0 Å². The summed E-state index contributed by atoms with van der Waals surface area (Å²) in [6.45, 7) is 1.54. The Morgan fingerprint density at radius 1 is 0.846 bits per heavy atom. The number of amides is 2. The lowest BCUT2D eigenvalue weighted by Crippen LogP contribution is -2.55. The molecule has 0 radical (unpaired) electrons. The van der Waals surface area contributed by atoms with Crippen molar-refractivity contribution >= 4 is 27.5 Å². The molecule has 0 heterocycles. The van der Waals surface area contributed by atoms with Crippen molar-refractivity contribution in [3.8, 4) is 17.2 Å². The molecule has 52 heavy (non-hydrogen) atoms. The maximum absolute atomic E-state index is 14.8. The number of hydrogen-bond acceptors (Lipinski definition) is 7. The number of halogens is 1. The maximum Gasteiger partial charge on any atom is 0.264 e. The molecule has 4 aromatic rings. The highest BCUT2D eigenvalue weighted by molar-refractivity contribution is 7.92. The molecule has 1 aliphatic carbocycles. The quantitative estimate of drug-likeness (QED) is 0.140.